The number of nitrogens with zero attached hydrogens (tertiary/aromatic N) is 3. The van der Waals surface area contributed by atoms with Crippen LogP contribution in [-0.2, 0) is 15.9 Å². The predicted molar refractivity (Wildman–Crippen MR) is 111 cm³/mol. The van der Waals surface area contributed by atoms with Gasteiger partial charge in [-0.1, -0.05) is 23.4 Å². The van der Waals surface area contributed by atoms with Gasteiger partial charge >= 0.3 is 18.9 Å². The summed E-state index contributed by atoms with van der Waals surface area (Å²) in [5, 5.41) is 3.55. The molecule has 2 heterocycles. The Balaban J connectivity index is 1.83. The molecule has 7 nitrogen and oxygen atoms in total. The van der Waals surface area contributed by atoms with Crippen molar-refractivity contribution in [2.75, 3.05) is 0 Å². The Hall–Kier alpha value is -2.19. The summed E-state index contributed by atoms with van der Waals surface area (Å²) in [5.41, 5.74) is 1.88. The van der Waals surface area contributed by atoms with Crippen molar-refractivity contribution < 1.29 is 18.6 Å². The van der Waals surface area contributed by atoms with E-state index in [1.165, 1.54) is 6.33 Å². The zero-order valence-corrected chi connectivity index (χ0v) is 18.6. The summed E-state index contributed by atoms with van der Waals surface area (Å²) in [6.45, 7) is 16.6. The van der Waals surface area contributed by atoms with Crippen molar-refractivity contribution in [2.45, 2.75) is 78.7 Å². The molecule has 0 aliphatic carbocycles. The van der Waals surface area contributed by atoms with Crippen LogP contribution in [-0.4, -0.2) is 44.8 Å². The van der Waals surface area contributed by atoms with Gasteiger partial charge in [0.15, 0.2) is 6.33 Å². The summed E-state index contributed by atoms with van der Waals surface area (Å²) in [5.74, 6) is -0.296. The van der Waals surface area contributed by atoms with Crippen molar-refractivity contribution in [3.8, 4) is 0 Å². The van der Waals surface area contributed by atoms with Crippen molar-refractivity contribution in [3.05, 3.63) is 41.5 Å². The lowest BCUT2D eigenvalue weighted by atomic mass is 9.78. The van der Waals surface area contributed by atoms with Crippen molar-refractivity contribution in [2.24, 2.45) is 0 Å². The van der Waals surface area contributed by atoms with Gasteiger partial charge < -0.3 is 18.7 Å². The number of amides is 1. The minimum absolute atomic E-state index is 0.00795. The molecule has 0 radical (unpaired) electrons. The Labute approximate surface area is 172 Å². The summed E-state index contributed by atoms with van der Waals surface area (Å²) in [6, 6.07) is 6.09. The first kappa shape index (κ1) is 21.5. The quantitative estimate of drug-likeness (QED) is 0.736. The molecule has 1 aliphatic rings. The average molecular weight is 399 g/mol. The second-order valence-corrected chi connectivity index (χ2v) is 9.58. The van der Waals surface area contributed by atoms with Gasteiger partial charge in [-0.3, -0.25) is 4.79 Å². The molecule has 0 N–H and O–H groups in total. The van der Waals surface area contributed by atoms with Gasteiger partial charge in [0.2, 0.25) is 0 Å². The van der Waals surface area contributed by atoms with Crippen LogP contribution in [0.4, 0.5) is 0 Å². The highest BCUT2D eigenvalue weighted by molar-refractivity contribution is 6.62. The van der Waals surface area contributed by atoms with Gasteiger partial charge in [-0.05, 0) is 72.0 Å². The molecular formula is C21H30BN3O4. The van der Waals surface area contributed by atoms with Crippen LogP contribution in [0.25, 0.3) is 0 Å². The van der Waals surface area contributed by atoms with Gasteiger partial charge in [0.05, 0.1) is 11.2 Å². The fraction of sp³-hybridized carbons (Fsp3) is 0.571. The number of aryl methyl sites for hydroxylation is 1. The smallest absolute Gasteiger partial charge is 0.399 e. The Morgan fingerprint density at radius 3 is 2.24 bits per heavy atom. The molecule has 29 heavy (non-hydrogen) atoms. The molecule has 1 aliphatic heterocycles. The van der Waals surface area contributed by atoms with E-state index in [9.17, 15) is 4.79 Å². The SMILES string of the molecule is Cc1cc(B2OC(C)(C)C(C)(C)O2)ccc1CN(C(=O)c1ncno1)C(C)(C)C. The van der Waals surface area contributed by atoms with Crippen molar-refractivity contribution in [3.63, 3.8) is 0 Å². The molecule has 0 unspecified atom stereocenters. The second-order valence-electron chi connectivity index (χ2n) is 9.58. The van der Waals surface area contributed by atoms with Crippen LogP contribution in [0.15, 0.2) is 29.0 Å². The van der Waals surface area contributed by atoms with Gasteiger partial charge in [-0.25, -0.2) is 0 Å². The van der Waals surface area contributed by atoms with E-state index < -0.39 is 12.7 Å². The maximum absolute atomic E-state index is 12.9. The summed E-state index contributed by atoms with van der Waals surface area (Å²) in [4.78, 5) is 18.5. The third-order valence-electron chi connectivity index (χ3n) is 5.82. The van der Waals surface area contributed by atoms with E-state index in [0.717, 1.165) is 16.6 Å². The summed E-state index contributed by atoms with van der Waals surface area (Å²) in [6.07, 6.45) is 1.23. The maximum Gasteiger partial charge on any atom is 0.494 e. The van der Waals surface area contributed by atoms with E-state index in [4.69, 9.17) is 13.8 Å². The van der Waals surface area contributed by atoms with E-state index >= 15 is 0 Å². The first-order chi connectivity index (χ1) is 13.3. The minimum Gasteiger partial charge on any atom is -0.399 e. The Kier molecular flexibility index (Phi) is 5.38. The van der Waals surface area contributed by atoms with Gasteiger partial charge in [-0.2, -0.15) is 4.98 Å². The van der Waals surface area contributed by atoms with Crippen LogP contribution >= 0.6 is 0 Å². The lowest BCUT2D eigenvalue weighted by molar-refractivity contribution is 0.00578. The molecule has 1 aromatic heterocycles. The number of rotatable bonds is 4. The highest BCUT2D eigenvalue weighted by Crippen LogP contribution is 2.36. The van der Waals surface area contributed by atoms with Gasteiger partial charge in [0, 0.05) is 12.1 Å². The Morgan fingerprint density at radius 2 is 1.76 bits per heavy atom. The molecule has 156 valence electrons. The third kappa shape index (κ3) is 4.23. The van der Waals surface area contributed by atoms with E-state index in [1.54, 1.807) is 4.90 Å². The van der Waals surface area contributed by atoms with Crippen LogP contribution in [0, 0.1) is 6.92 Å². The van der Waals surface area contributed by atoms with Crippen LogP contribution in [0.5, 0.6) is 0 Å². The molecule has 0 spiro atoms. The van der Waals surface area contributed by atoms with Crippen molar-refractivity contribution in [1.29, 1.82) is 0 Å². The first-order valence-corrected chi connectivity index (χ1v) is 9.85. The van der Waals surface area contributed by atoms with Gasteiger partial charge in [0.25, 0.3) is 0 Å². The molecule has 1 saturated heterocycles. The Bertz CT molecular complexity index is 872. The lowest BCUT2D eigenvalue weighted by Crippen LogP contribution is -2.45. The lowest BCUT2D eigenvalue weighted by Gasteiger charge is -2.35. The first-order valence-electron chi connectivity index (χ1n) is 9.85. The van der Waals surface area contributed by atoms with Crippen LogP contribution < -0.4 is 5.46 Å². The fourth-order valence-electron chi connectivity index (χ4n) is 3.19. The highest BCUT2D eigenvalue weighted by atomic mass is 16.7. The summed E-state index contributed by atoms with van der Waals surface area (Å²) < 4.78 is 17.3. The molecule has 1 amide bonds. The standard InChI is InChI=1S/C21H30BN3O4/c1-14-11-16(22-28-20(5,6)21(7,8)29-22)10-9-15(14)12-25(19(2,3)4)18(26)17-23-13-24-27-17/h9-11,13H,12H2,1-8H3. The Morgan fingerprint density at radius 1 is 1.14 bits per heavy atom. The molecule has 0 atom stereocenters. The van der Waals surface area contributed by atoms with Gasteiger partial charge in [-0.15, -0.1) is 0 Å². The summed E-state index contributed by atoms with van der Waals surface area (Å²) in [7, 11) is -0.411. The molecule has 0 saturated carbocycles. The maximum atomic E-state index is 12.9. The zero-order valence-electron chi connectivity index (χ0n) is 18.6. The largest absolute Gasteiger partial charge is 0.494 e. The van der Waals surface area contributed by atoms with Crippen LogP contribution in [0.1, 0.15) is 70.3 Å². The molecule has 1 aromatic carbocycles. The van der Waals surface area contributed by atoms with Crippen LogP contribution in [0.2, 0.25) is 0 Å². The van der Waals surface area contributed by atoms with E-state index in [0.29, 0.717) is 6.54 Å². The summed E-state index contributed by atoms with van der Waals surface area (Å²) >= 11 is 0. The minimum atomic E-state index is -0.414. The second kappa shape index (κ2) is 7.25. The highest BCUT2D eigenvalue weighted by Gasteiger charge is 2.51. The number of aromatic nitrogens is 2. The topological polar surface area (TPSA) is 77.7 Å². The molecule has 0 bridgehead atoms. The number of carbonyl (C=O) groups excluding carboxylic acids is 1. The molecule has 2 aromatic rings. The third-order valence-corrected chi connectivity index (χ3v) is 5.82. The number of carbonyl (C=O) groups is 1. The van der Waals surface area contributed by atoms with E-state index in [-0.39, 0.29) is 23.0 Å². The molecule has 1 fully saturated rings. The van der Waals surface area contributed by atoms with Crippen molar-refractivity contribution >= 4 is 18.5 Å². The van der Waals surface area contributed by atoms with E-state index in [1.807, 2.05) is 67.5 Å². The van der Waals surface area contributed by atoms with Crippen molar-refractivity contribution in [1.82, 2.24) is 15.0 Å². The molecule has 8 heteroatoms. The molecule has 3 rings (SSSR count). The number of benzene rings is 1. The fourth-order valence-corrected chi connectivity index (χ4v) is 3.19. The van der Waals surface area contributed by atoms with E-state index in [2.05, 4.69) is 16.2 Å². The normalized spacial score (nSPS) is 18.1. The molecular weight excluding hydrogens is 369 g/mol. The average Bonchev–Trinajstić information content (AvgIpc) is 3.18. The monoisotopic (exact) mass is 399 g/mol. The number of hydrogen-bond acceptors (Lipinski definition) is 6. The van der Waals surface area contributed by atoms with Gasteiger partial charge in [0.1, 0.15) is 0 Å². The zero-order chi connectivity index (χ0) is 21.6. The predicted octanol–water partition coefficient (Wildman–Crippen LogP) is 3.12. The number of hydrogen-bond donors (Lipinski definition) is 0. The van der Waals surface area contributed by atoms with Crippen LogP contribution in [0.3, 0.4) is 0 Å².